The molecule has 0 radical (unpaired) electrons. The van der Waals surface area contributed by atoms with Crippen molar-refractivity contribution in [1.29, 1.82) is 0 Å². The van der Waals surface area contributed by atoms with Crippen LogP contribution in [0.25, 0.3) is 11.3 Å². The molecule has 9 heteroatoms. The molecule has 3 aromatic carbocycles. The van der Waals surface area contributed by atoms with Gasteiger partial charge in [0.2, 0.25) is 10.0 Å². The van der Waals surface area contributed by atoms with Crippen molar-refractivity contribution in [1.82, 2.24) is 8.87 Å². The molecule has 1 fully saturated rings. The van der Waals surface area contributed by atoms with Crippen LogP contribution in [-0.2, 0) is 17.1 Å². The summed E-state index contributed by atoms with van der Waals surface area (Å²) in [4.78, 5) is 5.96. The van der Waals surface area contributed by atoms with Gasteiger partial charge in [-0.1, -0.05) is 30.3 Å². The molecule has 1 aromatic heterocycles. The van der Waals surface area contributed by atoms with Crippen molar-refractivity contribution in [3.8, 4) is 22.8 Å². The van der Waals surface area contributed by atoms with Crippen molar-refractivity contribution in [2.24, 2.45) is 12.0 Å². The number of nitrogens with zero attached hydrogens (tertiary/aromatic N) is 3. The summed E-state index contributed by atoms with van der Waals surface area (Å²) < 4.78 is 35.0. The molecule has 0 amide bonds. The molecular weight excluding hydrogens is 546 g/mol. The Morgan fingerprint density at radius 1 is 0.857 bits per heavy atom. The van der Waals surface area contributed by atoms with Crippen LogP contribution in [0.4, 0.5) is 5.69 Å². The zero-order chi connectivity index (χ0) is 23.5. The Labute approximate surface area is 220 Å². The lowest BCUT2D eigenvalue weighted by molar-refractivity contribution is 0.477. The second-order valence-corrected chi connectivity index (χ2v) is 10.9. The van der Waals surface area contributed by atoms with E-state index in [1.54, 1.807) is 27.8 Å². The quantitative estimate of drug-likeness (QED) is 0.279. The van der Waals surface area contributed by atoms with Crippen molar-refractivity contribution in [3.05, 3.63) is 89.0 Å². The Kier molecular flexibility index (Phi) is 7.91. The third-order valence-electron chi connectivity index (χ3n) is 5.82. The maximum atomic E-state index is 12.8. The van der Waals surface area contributed by atoms with Gasteiger partial charge in [0, 0.05) is 25.5 Å². The van der Waals surface area contributed by atoms with Crippen LogP contribution in [-0.4, -0.2) is 30.4 Å². The van der Waals surface area contributed by atoms with Crippen molar-refractivity contribution in [2.75, 3.05) is 13.1 Å². The third kappa shape index (κ3) is 5.59. The Morgan fingerprint density at radius 2 is 1.49 bits per heavy atom. The largest absolute Gasteiger partial charge is 0.457 e. The summed E-state index contributed by atoms with van der Waals surface area (Å²) in [6.07, 6.45) is 1.86. The predicted octanol–water partition coefficient (Wildman–Crippen LogP) is 6.14. The Balaban J connectivity index is 0.00000289. The lowest BCUT2D eigenvalue weighted by atomic mass is 10.2. The number of ether oxygens (including phenoxy) is 1. The van der Waals surface area contributed by atoms with Crippen molar-refractivity contribution < 1.29 is 13.2 Å². The lowest BCUT2D eigenvalue weighted by Gasteiger charge is -2.15. The number of aromatic nitrogens is 1. The van der Waals surface area contributed by atoms with Crippen molar-refractivity contribution in [3.63, 3.8) is 0 Å². The molecule has 1 saturated heterocycles. The van der Waals surface area contributed by atoms with Crippen LogP contribution in [0, 0.1) is 0 Å². The Hall–Kier alpha value is -2.72. The first-order valence-electron chi connectivity index (χ1n) is 11.1. The standard InChI is InChI=1S/C26H25N3O3S2.BrH/c1-28-25(20-9-15-24(16-10-20)34(30,31)29-17-5-6-18-29)19-33-26(28)27-21-11-13-23(14-12-21)32-22-7-3-2-4-8-22;/h2-4,7-16,19H,5-6,17-18H2,1H3;1H. The van der Waals surface area contributed by atoms with Crippen LogP contribution in [0.15, 0.2) is 94.1 Å². The molecule has 0 N–H and O–H groups in total. The second kappa shape index (κ2) is 10.9. The van der Waals surface area contributed by atoms with Gasteiger partial charge in [0.25, 0.3) is 0 Å². The molecule has 35 heavy (non-hydrogen) atoms. The molecular formula is C26H26BrN3O3S2. The van der Waals surface area contributed by atoms with E-state index in [0.717, 1.165) is 46.1 Å². The molecule has 5 rings (SSSR count). The van der Waals surface area contributed by atoms with E-state index in [9.17, 15) is 8.42 Å². The van der Waals surface area contributed by atoms with E-state index in [0.29, 0.717) is 18.0 Å². The molecule has 182 valence electrons. The van der Waals surface area contributed by atoms with E-state index >= 15 is 0 Å². The summed E-state index contributed by atoms with van der Waals surface area (Å²) >= 11 is 1.54. The normalized spacial score (nSPS) is 14.6. The molecule has 0 bridgehead atoms. The molecule has 4 aromatic rings. The van der Waals surface area contributed by atoms with Gasteiger partial charge in [-0.2, -0.15) is 4.31 Å². The second-order valence-electron chi connectivity index (χ2n) is 8.12. The minimum atomic E-state index is -3.41. The molecule has 6 nitrogen and oxygen atoms in total. The molecule has 1 aliphatic heterocycles. The van der Waals surface area contributed by atoms with Gasteiger partial charge < -0.3 is 9.30 Å². The minimum Gasteiger partial charge on any atom is -0.457 e. The molecule has 0 aliphatic carbocycles. The smallest absolute Gasteiger partial charge is 0.243 e. The van der Waals surface area contributed by atoms with Gasteiger partial charge >= 0.3 is 0 Å². The highest BCUT2D eigenvalue weighted by molar-refractivity contribution is 8.93. The Bertz CT molecular complexity index is 1440. The van der Waals surface area contributed by atoms with Gasteiger partial charge in [0.1, 0.15) is 11.5 Å². The van der Waals surface area contributed by atoms with Crippen LogP contribution < -0.4 is 9.54 Å². The van der Waals surface area contributed by atoms with E-state index in [1.165, 1.54) is 0 Å². The van der Waals surface area contributed by atoms with Crippen LogP contribution in [0.1, 0.15) is 12.8 Å². The van der Waals surface area contributed by atoms with Crippen molar-refractivity contribution >= 4 is 44.0 Å². The maximum Gasteiger partial charge on any atom is 0.243 e. The summed E-state index contributed by atoms with van der Waals surface area (Å²) in [5.41, 5.74) is 2.77. The first-order chi connectivity index (χ1) is 16.5. The highest BCUT2D eigenvalue weighted by Gasteiger charge is 2.27. The predicted molar refractivity (Wildman–Crippen MR) is 145 cm³/mol. The fourth-order valence-corrected chi connectivity index (χ4v) is 6.37. The average Bonchev–Trinajstić information content (AvgIpc) is 3.53. The number of hydrogen-bond donors (Lipinski definition) is 0. The van der Waals surface area contributed by atoms with Crippen LogP contribution in [0.3, 0.4) is 0 Å². The van der Waals surface area contributed by atoms with Gasteiger partial charge in [-0.25, -0.2) is 13.4 Å². The van der Waals surface area contributed by atoms with E-state index in [1.807, 2.05) is 83.7 Å². The topological polar surface area (TPSA) is 63.9 Å². The van der Waals surface area contributed by atoms with E-state index in [4.69, 9.17) is 9.73 Å². The number of rotatable bonds is 6. The SMILES string of the molecule is Br.Cn1c(-c2ccc(S(=O)(=O)N3CCCC3)cc2)csc1=Nc1ccc(Oc2ccccc2)cc1. The lowest BCUT2D eigenvalue weighted by Crippen LogP contribution is -2.27. The summed E-state index contributed by atoms with van der Waals surface area (Å²) in [6, 6.07) is 24.4. The monoisotopic (exact) mass is 571 g/mol. The molecule has 0 saturated carbocycles. The van der Waals surface area contributed by atoms with Crippen LogP contribution in [0.2, 0.25) is 0 Å². The Morgan fingerprint density at radius 3 is 2.14 bits per heavy atom. The van der Waals surface area contributed by atoms with E-state index < -0.39 is 10.0 Å². The third-order valence-corrected chi connectivity index (χ3v) is 8.65. The highest BCUT2D eigenvalue weighted by Crippen LogP contribution is 2.26. The van der Waals surface area contributed by atoms with Gasteiger partial charge in [-0.15, -0.1) is 28.3 Å². The van der Waals surface area contributed by atoms with E-state index in [2.05, 4.69) is 0 Å². The van der Waals surface area contributed by atoms with Gasteiger partial charge in [0.05, 0.1) is 16.3 Å². The first-order valence-corrected chi connectivity index (χ1v) is 13.5. The summed E-state index contributed by atoms with van der Waals surface area (Å²) in [5.74, 6) is 1.55. The number of benzene rings is 3. The van der Waals surface area contributed by atoms with Crippen LogP contribution >= 0.6 is 28.3 Å². The maximum absolute atomic E-state index is 12.8. The first kappa shape index (κ1) is 25.4. The molecule has 2 heterocycles. The summed E-state index contributed by atoms with van der Waals surface area (Å²) in [5, 5.41) is 2.04. The minimum absolute atomic E-state index is 0. The number of sulfonamides is 1. The number of hydrogen-bond acceptors (Lipinski definition) is 5. The van der Waals surface area contributed by atoms with Crippen molar-refractivity contribution in [2.45, 2.75) is 17.7 Å². The fraction of sp³-hybridized carbons (Fsp3) is 0.192. The average molecular weight is 573 g/mol. The van der Waals surface area contributed by atoms with Gasteiger partial charge in [-0.05, 0) is 66.9 Å². The number of para-hydroxylation sites is 1. The number of thiazole rings is 1. The molecule has 0 atom stereocenters. The summed E-state index contributed by atoms with van der Waals surface area (Å²) in [7, 11) is -1.44. The zero-order valence-corrected chi connectivity index (χ0v) is 22.5. The van der Waals surface area contributed by atoms with E-state index in [-0.39, 0.29) is 17.0 Å². The van der Waals surface area contributed by atoms with Gasteiger partial charge in [-0.3, -0.25) is 0 Å². The summed E-state index contributed by atoms with van der Waals surface area (Å²) in [6.45, 7) is 1.21. The van der Waals surface area contributed by atoms with Gasteiger partial charge in [0.15, 0.2) is 4.80 Å². The highest BCUT2D eigenvalue weighted by atomic mass is 79.9. The zero-order valence-electron chi connectivity index (χ0n) is 19.2. The molecule has 1 aliphatic rings. The fourth-order valence-electron chi connectivity index (χ4n) is 3.93. The van der Waals surface area contributed by atoms with Crippen LogP contribution in [0.5, 0.6) is 11.5 Å². The molecule has 0 unspecified atom stereocenters. The molecule has 0 spiro atoms. The number of halogens is 1.